The van der Waals surface area contributed by atoms with Gasteiger partial charge in [-0.15, -0.1) is 0 Å². The van der Waals surface area contributed by atoms with Gasteiger partial charge in [0.1, 0.15) is 16.9 Å². The number of likely N-dealkylation sites (tertiary alicyclic amines) is 1. The Hall–Kier alpha value is -2.15. The molecule has 0 bridgehead atoms. The Labute approximate surface area is 179 Å². The maximum absolute atomic E-state index is 12.6. The van der Waals surface area contributed by atoms with Gasteiger partial charge in [-0.2, -0.15) is 0 Å². The van der Waals surface area contributed by atoms with E-state index in [0.29, 0.717) is 6.54 Å². The highest BCUT2D eigenvalue weighted by atomic mass is 79.9. The summed E-state index contributed by atoms with van der Waals surface area (Å²) in [5, 5.41) is 1.10. The van der Waals surface area contributed by atoms with Crippen molar-refractivity contribution in [2.24, 2.45) is 0 Å². The second-order valence-corrected chi connectivity index (χ2v) is 9.55. The molecule has 1 amide bonds. The van der Waals surface area contributed by atoms with Crippen molar-refractivity contribution in [1.82, 2.24) is 19.4 Å². The molecule has 29 heavy (non-hydrogen) atoms. The first kappa shape index (κ1) is 20.1. The molecule has 1 aliphatic rings. The predicted octanol–water partition coefficient (Wildman–Crippen LogP) is 5.48. The lowest BCUT2D eigenvalue weighted by atomic mass is 9.97. The van der Waals surface area contributed by atoms with Gasteiger partial charge >= 0.3 is 6.09 Å². The molecule has 6 nitrogen and oxygen atoms in total. The van der Waals surface area contributed by atoms with E-state index >= 15 is 0 Å². The summed E-state index contributed by atoms with van der Waals surface area (Å²) in [6.45, 7) is 10.0. The van der Waals surface area contributed by atoms with Crippen LogP contribution in [0.3, 0.4) is 0 Å². The number of aryl methyl sites for hydroxylation is 1. The van der Waals surface area contributed by atoms with Gasteiger partial charge in [0.2, 0.25) is 0 Å². The molecule has 3 heterocycles. The van der Waals surface area contributed by atoms with E-state index in [4.69, 9.17) is 9.72 Å². The summed E-state index contributed by atoms with van der Waals surface area (Å²) in [5.74, 6) is 1.22. The minimum atomic E-state index is -0.487. The van der Waals surface area contributed by atoms with Crippen molar-refractivity contribution in [1.29, 1.82) is 0 Å². The Balaban J connectivity index is 1.72. The quantitative estimate of drug-likeness (QED) is 0.509. The Bertz CT molecular complexity index is 1070. The second kappa shape index (κ2) is 7.59. The zero-order valence-electron chi connectivity index (χ0n) is 17.4. The number of fused-ring (bicyclic) bond motifs is 3. The number of rotatable bonds is 2. The van der Waals surface area contributed by atoms with Gasteiger partial charge in [0, 0.05) is 35.4 Å². The van der Waals surface area contributed by atoms with Gasteiger partial charge in [0.25, 0.3) is 0 Å². The van der Waals surface area contributed by atoms with Crippen molar-refractivity contribution in [2.75, 3.05) is 13.1 Å². The van der Waals surface area contributed by atoms with E-state index in [2.05, 4.69) is 38.5 Å². The van der Waals surface area contributed by atoms with Crippen LogP contribution < -0.4 is 0 Å². The Kier molecular flexibility index (Phi) is 5.27. The van der Waals surface area contributed by atoms with Gasteiger partial charge in [0.15, 0.2) is 0 Å². The lowest BCUT2D eigenvalue weighted by Gasteiger charge is -2.34. The van der Waals surface area contributed by atoms with Crippen LogP contribution >= 0.6 is 15.9 Å². The average Bonchev–Trinajstić information content (AvgIpc) is 3.05. The van der Waals surface area contributed by atoms with Crippen LogP contribution in [0.4, 0.5) is 4.79 Å². The molecule has 1 saturated heterocycles. The first-order valence-electron chi connectivity index (χ1n) is 10.2. The third-order valence-corrected chi connectivity index (χ3v) is 5.81. The van der Waals surface area contributed by atoms with Crippen LogP contribution in [0.5, 0.6) is 0 Å². The minimum absolute atomic E-state index is 0.189. The predicted molar refractivity (Wildman–Crippen MR) is 118 cm³/mol. The van der Waals surface area contributed by atoms with Gasteiger partial charge < -0.3 is 14.2 Å². The van der Waals surface area contributed by atoms with Crippen molar-refractivity contribution in [2.45, 2.75) is 58.6 Å². The second-order valence-electron chi connectivity index (χ2n) is 8.63. The summed E-state index contributed by atoms with van der Waals surface area (Å²) in [4.78, 5) is 24.0. The van der Waals surface area contributed by atoms with Crippen LogP contribution in [0, 0.1) is 0 Å². The van der Waals surface area contributed by atoms with Crippen molar-refractivity contribution in [3.8, 4) is 0 Å². The molecule has 4 rings (SSSR count). The number of hydrogen-bond donors (Lipinski definition) is 0. The van der Waals surface area contributed by atoms with Gasteiger partial charge in [0.05, 0.1) is 17.2 Å². The summed E-state index contributed by atoms with van der Waals surface area (Å²) in [6.07, 6.45) is 3.58. The van der Waals surface area contributed by atoms with Crippen molar-refractivity contribution in [3.05, 3.63) is 34.7 Å². The number of ether oxygens (including phenoxy) is 1. The molecule has 0 spiro atoms. The summed E-state index contributed by atoms with van der Waals surface area (Å²) >= 11 is 3.53. The minimum Gasteiger partial charge on any atom is -0.444 e. The Morgan fingerprint density at radius 1 is 1.31 bits per heavy atom. The normalized spacial score (nSPS) is 17.8. The van der Waals surface area contributed by atoms with Gasteiger partial charge in [-0.3, -0.25) is 4.98 Å². The van der Waals surface area contributed by atoms with Crippen molar-refractivity contribution < 1.29 is 9.53 Å². The molecule has 0 aliphatic carbocycles. The number of pyridine rings is 1. The maximum atomic E-state index is 12.6. The van der Waals surface area contributed by atoms with E-state index in [1.807, 2.05) is 44.0 Å². The zero-order chi connectivity index (χ0) is 20.8. The highest BCUT2D eigenvalue weighted by molar-refractivity contribution is 9.10. The molecule has 154 valence electrons. The molecule has 0 saturated carbocycles. The van der Waals surface area contributed by atoms with E-state index in [0.717, 1.165) is 58.2 Å². The number of carbonyl (C=O) groups is 1. The molecular formula is C22H27BrN4O2. The first-order valence-corrected chi connectivity index (χ1v) is 11.0. The number of aromatic nitrogens is 3. The first-order chi connectivity index (χ1) is 13.8. The lowest BCUT2D eigenvalue weighted by Crippen LogP contribution is -2.42. The monoisotopic (exact) mass is 458 g/mol. The van der Waals surface area contributed by atoms with Crippen LogP contribution in [0.1, 0.15) is 52.3 Å². The molecule has 0 N–H and O–H groups in total. The number of hydrogen-bond acceptors (Lipinski definition) is 4. The molecule has 1 aliphatic heterocycles. The number of imidazole rings is 1. The number of benzene rings is 1. The smallest absolute Gasteiger partial charge is 0.410 e. The number of halogens is 1. The molecule has 3 aromatic rings. The largest absolute Gasteiger partial charge is 0.444 e. The zero-order valence-corrected chi connectivity index (χ0v) is 19.0. The number of carbonyl (C=O) groups excluding carboxylic acids is 1. The fraction of sp³-hybridized carbons (Fsp3) is 0.500. The van der Waals surface area contributed by atoms with Gasteiger partial charge in [-0.25, -0.2) is 9.78 Å². The summed E-state index contributed by atoms with van der Waals surface area (Å²) in [6, 6.07) is 6.17. The summed E-state index contributed by atoms with van der Waals surface area (Å²) in [5.41, 5.74) is 2.49. The van der Waals surface area contributed by atoms with E-state index < -0.39 is 5.60 Å². The highest BCUT2D eigenvalue weighted by Gasteiger charge is 2.31. The molecule has 1 fully saturated rings. The third-order valence-electron chi connectivity index (χ3n) is 5.32. The van der Waals surface area contributed by atoms with E-state index in [1.54, 1.807) is 0 Å². The fourth-order valence-corrected chi connectivity index (χ4v) is 4.47. The van der Waals surface area contributed by atoms with Gasteiger partial charge in [-0.1, -0.05) is 15.9 Å². The topological polar surface area (TPSA) is 60.2 Å². The Morgan fingerprint density at radius 3 is 2.83 bits per heavy atom. The van der Waals surface area contributed by atoms with Crippen molar-refractivity contribution in [3.63, 3.8) is 0 Å². The van der Waals surface area contributed by atoms with E-state index in [1.165, 1.54) is 0 Å². The van der Waals surface area contributed by atoms with Crippen LogP contribution in [-0.4, -0.2) is 44.2 Å². The number of nitrogens with zero attached hydrogens (tertiary/aromatic N) is 4. The van der Waals surface area contributed by atoms with E-state index in [-0.39, 0.29) is 12.0 Å². The molecular weight excluding hydrogens is 432 g/mol. The maximum Gasteiger partial charge on any atom is 0.410 e. The Morgan fingerprint density at radius 2 is 2.10 bits per heavy atom. The third kappa shape index (κ3) is 3.97. The van der Waals surface area contributed by atoms with Gasteiger partial charge in [-0.05, 0) is 58.7 Å². The van der Waals surface area contributed by atoms with Crippen LogP contribution in [-0.2, 0) is 11.3 Å². The van der Waals surface area contributed by atoms with Crippen LogP contribution in [0.2, 0.25) is 0 Å². The molecule has 0 unspecified atom stereocenters. The van der Waals surface area contributed by atoms with Crippen molar-refractivity contribution >= 4 is 44.0 Å². The molecule has 1 atom stereocenters. The SMILES string of the molecule is CCn1c([C@H]2CCCN(C(=O)OC(C)(C)C)C2)nc2cnc3cc(Br)ccc3c21. The standard InChI is InChI=1S/C22H27BrN4O2/c1-5-27-19-16-9-8-15(23)11-17(16)24-12-18(19)25-20(27)14-7-6-10-26(13-14)21(28)29-22(2,3)4/h8-9,11-12,14H,5-7,10,13H2,1-4H3/t14-/m0/s1. The lowest BCUT2D eigenvalue weighted by molar-refractivity contribution is 0.0195. The summed E-state index contributed by atoms with van der Waals surface area (Å²) in [7, 11) is 0. The van der Waals surface area contributed by atoms with E-state index in [9.17, 15) is 4.79 Å². The molecule has 1 aromatic carbocycles. The summed E-state index contributed by atoms with van der Waals surface area (Å²) < 4.78 is 8.89. The molecule has 0 radical (unpaired) electrons. The molecule has 2 aromatic heterocycles. The highest BCUT2D eigenvalue weighted by Crippen LogP contribution is 2.33. The van der Waals surface area contributed by atoms with Crippen LogP contribution in [0.15, 0.2) is 28.9 Å². The number of amides is 1. The molecule has 7 heteroatoms. The van der Waals surface area contributed by atoms with Crippen LogP contribution in [0.25, 0.3) is 21.9 Å². The fourth-order valence-electron chi connectivity index (χ4n) is 4.12. The average molecular weight is 459 g/mol. The number of piperidine rings is 1.